The largest absolute Gasteiger partial charge is 0.368 e. The van der Waals surface area contributed by atoms with Crippen molar-refractivity contribution in [2.75, 3.05) is 19.7 Å². The van der Waals surface area contributed by atoms with Crippen molar-refractivity contribution in [2.24, 2.45) is 0 Å². The highest BCUT2D eigenvalue weighted by atomic mass is 32.2. The molecule has 0 aromatic heterocycles. The molecule has 1 atom stereocenters. The molecule has 1 aromatic carbocycles. The van der Waals surface area contributed by atoms with Crippen LogP contribution in [0.25, 0.3) is 0 Å². The highest BCUT2D eigenvalue weighted by Gasteiger charge is 2.23. The Labute approximate surface area is 137 Å². The van der Waals surface area contributed by atoms with Crippen molar-refractivity contribution >= 4 is 15.9 Å². The predicted molar refractivity (Wildman–Crippen MR) is 87.4 cm³/mol. The fourth-order valence-corrected chi connectivity index (χ4v) is 4.04. The van der Waals surface area contributed by atoms with Crippen molar-refractivity contribution in [1.29, 1.82) is 0 Å². The van der Waals surface area contributed by atoms with Gasteiger partial charge in [-0.15, -0.1) is 0 Å². The van der Waals surface area contributed by atoms with Crippen molar-refractivity contribution in [3.8, 4) is 0 Å². The number of nitrogens with zero attached hydrogens (tertiary/aromatic N) is 1. The van der Waals surface area contributed by atoms with Crippen LogP contribution in [-0.4, -0.2) is 44.4 Å². The molecule has 0 saturated carbocycles. The number of benzene rings is 1. The second-order valence-corrected chi connectivity index (χ2v) is 7.39. The van der Waals surface area contributed by atoms with Gasteiger partial charge in [-0.2, -0.15) is 4.31 Å². The molecular formula is C16H24N2O4S. The van der Waals surface area contributed by atoms with Crippen LogP contribution in [0.2, 0.25) is 0 Å². The van der Waals surface area contributed by atoms with Crippen LogP contribution in [0.15, 0.2) is 29.2 Å². The van der Waals surface area contributed by atoms with Gasteiger partial charge in [0.2, 0.25) is 15.9 Å². The van der Waals surface area contributed by atoms with Gasteiger partial charge in [-0.1, -0.05) is 26.0 Å². The molecule has 1 aliphatic rings. The van der Waals surface area contributed by atoms with Gasteiger partial charge < -0.3 is 10.1 Å². The first-order valence-electron chi connectivity index (χ1n) is 7.97. The van der Waals surface area contributed by atoms with Crippen molar-refractivity contribution in [3.63, 3.8) is 0 Å². The maximum atomic E-state index is 12.4. The summed E-state index contributed by atoms with van der Waals surface area (Å²) >= 11 is 0. The number of nitrogens with one attached hydrogen (secondary N) is 1. The second-order valence-electron chi connectivity index (χ2n) is 5.45. The highest BCUT2D eigenvalue weighted by Crippen LogP contribution is 2.16. The quantitative estimate of drug-likeness (QED) is 0.816. The van der Waals surface area contributed by atoms with Crippen molar-refractivity contribution in [2.45, 2.75) is 44.2 Å². The number of carbonyl (C=O) groups is 1. The van der Waals surface area contributed by atoms with E-state index in [4.69, 9.17) is 4.74 Å². The minimum atomic E-state index is -3.44. The first-order valence-corrected chi connectivity index (χ1v) is 9.41. The van der Waals surface area contributed by atoms with Crippen LogP contribution in [0.3, 0.4) is 0 Å². The van der Waals surface area contributed by atoms with Crippen LogP contribution in [0, 0.1) is 0 Å². The summed E-state index contributed by atoms with van der Waals surface area (Å²) in [6.45, 7) is 5.52. The lowest BCUT2D eigenvalue weighted by Crippen LogP contribution is -2.33. The summed E-state index contributed by atoms with van der Waals surface area (Å²) in [7, 11) is -3.44. The van der Waals surface area contributed by atoms with Crippen LogP contribution in [-0.2, 0) is 26.1 Å². The number of hydrogen-bond acceptors (Lipinski definition) is 4. The second kappa shape index (κ2) is 7.90. The Morgan fingerprint density at radius 3 is 2.43 bits per heavy atom. The van der Waals surface area contributed by atoms with Crippen LogP contribution >= 0.6 is 0 Å². The lowest BCUT2D eigenvalue weighted by atomic mass is 10.2. The number of amides is 1. The molecule has 128 valence electrons. The molecule has 23 heavy (non-hydrogen) atoms. The zero-order valence-corrected chi connectivity index (χ0v) is 14.4. The molecule has 1 amide bonds. The van der Waals surface area contributed by atoms with E-state index in [1.54, 1.807) is 24.3 Å². The Bertz CT molecular complexity index is 618. The van der Waals surface area contributed by atoms with Gasteiger partial charge in [-0.25, -0.2) is 8.42 Å². The third kappa shape index (κ3) is 4.31. The summed E-state index contributed by atoms with van der Waals surface area (Å²) in [5.41, 5.74) is 0.856. The molecule has 7 heteroatoms. The highest BCUT2D eigenvalue weighted by molar-refractivity contribution is 7.89. The van der Waals surface area contributed by atoms with Crippen LogP contribution < -0.4 is 5.32 Å². The number of hydrogen-bond donors (Lipinski definition) is 1. The summed E-state index contributed by atoms with van der Waals surface area (Å²) < 4.78 is 31.5. The number of carbonyl (C=O) groups excluding carboxylic acids is 1. The van der Waals surface area contributed by atoms with E-state index >= 15 is 0 Å². The minimum Gasteiger partial charge on any atom is -0.368 e. The van der Waals surface area contributed by atoms with E-state index in [1.807, 2.05) is 13.8 Å². The first-order chi connectivity index (χ1) is 11.0. The van der Waals surface area contributed by atoms with Crippen LogP contribution in [0.4, 0.5) is 0 Å². The lowest BCUT2D eigenvalue weighted by Gasteiger charge is -2.18. The summed E-state index contributed by atoms with van der Waals surface area (Å²) in [5.74, 6) is -0.109. The zero-order chi connectivity index (χ0) is 16.9. The fourth-order valence-electron chi connectivity index (χ4n) is 2.58. The molecule has 2 rings (SSSR count). The molecule has 1 N–H and O–H groups in total. The van der Waals surface area contributed by atoms with Gasteiger partial charge in [0, 0.05) is 26.2 Å². The van der Waals surface area contributed by atoms with E-state index in [0.717, 1.165) is 18.4 Å². The number of ether oxygens (including phenoxy) is 1. The van der Waals surface area contributed by atoms with E-state index in [-0.39, 0.29) is 16.9 Å². The van der Waals surface area contributed by atoms with Gasteiger partial charge >= 0.3 is 0 Å². The van der Waals surface area contributed by atoms with E-state index in [0.29, 0.717) is 26.2 Å². The monoisotopic (exact) mass is 340 g/mol. The Morgan fingerprint density at radius 1 is 1.26 bits per heavy atom. The average Bonchev–Trinajstić information content (AvgIpc) is 3.08. The molecule has 0 bridgehead atoms. The maximum absolute atomic E-state index is 12.4. The van der Waals surface area contributed by atoms with Crippen LogP contribution in [0.1, 0.15) is 32.3 Å². The molecular weight excluding hydrogens is 316 g/mol. The summed E-state index contributed by atoms with van der Waals surface area (Å²) in [5, 5.41) is 2.82. The molecule has 1 aliphatic heterocycles. The molecule has 6 nitrogen and oxygen atoms in total. The maximum Gasteiger partial charge on any atom is 0.249 e. The van der Waals surface area contributed by atoms with Gasteiger partial charge in [0.25, 0.3) is 0 Å². The Balaban J connectivity index is 1.98. The van der Waals surface area contributed by atoms with Gasteiger partial charge in [0.1, 0.15) is 6.10 Å². The van der Waals surface area contributed by atoms with Gasteiger partial charge in [-0.3, -0.25) is 4.79 Å². The fraction of sp³-hybridized carbons (Fsp3) is 0.562. The van der Waals surface area contributed by atoms with Crippen LogP contribution in [0.5, 0.6) is 0 Å². The molecule has 0 unspecified atom stereocenters. The topological polar surface area (TPSA) is 75.7 Å². The van der Waals surface area contributed by atoms with Gasteiger partial charge in [-0.05, 0) is 30.5 Å². The molecule has 1 heterocycles. The lowest BCUT2D eigenvalue weighted by molar-refractivity contribution is -0.130. The zero-order valence-electron chi connectivity index (χ0n) is 13.6. The van der Waals surface area contributed by atoms with E-state index < -0.39 is 10.0 Å². The van der Waals surface area contributed by atoms with Gasteiger partial charge in [0.15, 0.2) is 0 Å². The third-order valence-corrected chi connectivity index (χ3v) is 6.02. The normalized spacial score (nSPS) is 18.3. The van der Waals surface area contributed by atoms with Gasteiger partial charge in [0.05, 0.1) is 4.90 Å². The SMILES string of the molecule is CCN(CC)S(=O)(=O)c1ccc(CNC(=O)[C@H]2CCCO2)cc1. The van der Waals surface area contributed by atoms with Crippen molar-refractivity contribution in [3.05, 3.63) is 29.8 Å². The predicted octanol–water partition coefficient (Wildman–Crippen LogP) is 1.51. The molecule has 1 aromatic rings. The summed E-state index contributed by atoms with van der Waals surface area (Å²) in [6.07, 6.45) is 1.32. The average molecular weight is 340 g/mol. The van der Waals surface area contributed by atoms with Crippen molar-refractivity contribution in [1.82, 2.24) is 9.62 Å². The Hall–Kier alpha value is -1.44. The minimum absolute atomic E-state index is 0.109. The molecule has 1 saturated heterocycles. The molecule has 0 radical (unpaired) electrons. The number of sulfonamides is 1. The molecule has 0 aliphatic carbocycles. The first kappa shape index (κ1) is 17.9. The molecule has 1 fully saturated rings. The van der Waals surface area contributed by atoms with E-state index in [2.05, 4.69) is 5.32 Å². The molecule has 0 spiro atoms. The van der Waals surface area contributed by atoms with Crippen molar-refractivity contribution < 1.29 is 17.9 Å². The third-order valence-electron chi connectivity index (χ3n) is 3.96. The summed E-state index contributed by atoms with van der Waals surface area (Å²) in [4.78, 5) is 12.1. The van der Waals surface area contributed by atoms with E-state index in [9.17, 15) is 13.2 Å². The standard InChI is InChI=1S/C16H24N2O4S/c1-3-18(4-2)23(20,21)14-9-7-13(8-10-14)12-17-16(19)15-6-5-11-22-15/h7-10,15H,3-6,11-12H2,1-2H3,(H,17,19)/t15-/m1/s1. The van der Waals surface area contributed by atoms with E-state index in [1.165, 1.54) is 4.31 Å². The number of rotatable bonds is 7. The Morgan fingerprint density at radius 2 is 1.91 bits per heavy atom. The summed E-state index contributed by atoms with van der Waals surface area (Å²) in [6, 6.07) is 6.63. The smallest absolute Gasteiger partial charge is 0.249 e. The Kier molecular flexibility index (Phi) is 6.15.